The summed E-state index contributed by atoms with van der Waals surface area (Å²) in [5.41, 5.74) is -0.485. The van der Waals surface area contributed by atoms with E-state index in [1.807, 2.05) is 130 Å². The van der Waals surface area contributed by atoms with Gasteiger partial charge in [0.25, 0.3) is 17.9 Å². The summed E-state index contributed by atoms with van der Waals surface area (Å²) in [4.78, 5) is 3.64. The van der Waals surface area contributed by atoms with Crippen molar-refractivity contribution in [2.24, 2.45) is 0 Å². The minimum Gasteiger partial charge on any atom is -0.365 e. The van der Waals surface area contributed by atoms with E-state index >= 15 is 0 Å². The van der Waals surface area contributed by atoms with Crippen molar-refractivity contribution in [3.8, 4) is 22.3 Å². The molecule has 2 aliphatic rings. The van der Waals surface area contributed by atoms with Crippen LogP contribution in [-0.4, -0.2) is 79.9 Å². The summed E-state index contributed by atoms with van der Waals surface area (Å²) in [6, 6.07) is 41.6. The minimum atomic E-state index is -4.14. The third-order valence-corrected chi connectivity index (χ3v) is 13.3. The Hall–Kier alpha value is -6.30. The molecule has 7 aromatic carbocycles. The van der Waals surface area contributed by atoms with E-state index in [9.17, 15) is 56.2 Å². The minimum absolute atomic E-state index is 0.0140. The molecule has 338 valence electrons. The molecular formula is C53H50N2O11. The van der Waals surface area contributed by atoms with Crippen LogP contribution in [0.1, 0.15) is 51.4 Å². The normalized spacial score (nSPS) is 16.4. The zero-order chi connectivity index (χ0) is 47.5. The van der Waals surface area contributed by atoms with Gasteiger partial charge < -0.3 is 66.0 Å². The van der Waals surface area contributed by atoms with Crippen LogP contribution in [-0.2, 0) is 10.8 Å². The molecule has 9 rings (SSSR count). The fraction of sp³-hybridized carbons (Fsp3) is 0.208. The predicted octanol–water partition coefficient (Wildman–Crippen LogP) is 5.99. The van der Waals surface area contributed by atoms with E-state index in [0.717, 1.165) is 35.2 Å². The number of hydrogen-bond acceptors (Lipinski definition) is 13. The van der Waals surface area contributed by atoms with Crippen LogP contribution < -0.4 is 9.80 Å². The van der Waals surface area contributed by atoms with Crippen LogP contribution >= 0.6 is 0 Å². The first-order chi connectivity index (χ1) is 30.9. The molecule has 0 fully saturated rings. The van der Waals surface area contributed by atoms with E-state index in [2.05, 4.69) is 0 Å². The summed E-state index contributed by atoms with van der Waals surface area (Å²) in [6.45, 7) is 8.59. The molecule has 0 aliphatic heterocycles. The van der Waals surface area contributed by atoms with E-state index < -0.39 is 45.7 Å². The number of benzene rings is 7. The van der Waals surface area contributed by atoms with Crippen LogP contribution in [0.3, 0.4) is 0 Å². The Morgan fingerprint density at radius 2 is 0.545 bits per heavy atom. The molecule has 2 aliphatic carbocycles. The summed E-state index contributed by atoms with van der Waals surface area (Å²) < 4.78 is 0. The Labute approximate surface area is 380 Å². The molecular weight excluding hydrogens is 841 g/mol. The lowest BCUT2D eigenvalue weighted by molar-refractivity contribution is -0.442. The quantitative estimate of drug-likeness (QED) is 0.0711. The Morgan fingerprint density at radius 1 is 0.303 bits per heavy atom. The number of aliphatic hydroxyl groups is 11. The van der Waals surface area contributed by atoms with Crippen molar-refractivity contribution < 1.29 is 56.2 Å². The van der Waals surface area contributed by atoms with Crippen molar-refractivity contribution in [3.05, 3.63) is 190 Å². The molecule has 0 spiro atoms. The molecule has 0 heterocycles. The lowest BCUT2D eigenvalue weighted by Crippen LogP contribution is -2.65. The third kappa shape index (κ3) is 6.60. The van der Waals surface area contributed by atoms with E-state index in [4.69, 9.17) is 0 Å². The van der Waals surface area contributed by atoms with Crippen LogP contribution in [0.5, 0.6) is 0 Å². The molecule has 0 aromatic heterocycles. The molecule has 13 heteroatoms. The average molecular weight is 891 g/mol. The molecule has 11 N–H and O–H groups in total. The molecule has 0 saturated heterocycles. The number of fused-ring (bicyclic) bond motifs is 6. The molecule has 13 nitrogen and oxygen atoms in total. The molecule has 1 unspecified atom stereocenters. The first-order valence-electron chi connectivity index (χ1n) is 21.2. The van der Waals surface area contributed by atoms with Crippen molar-refractivity contribution in [1.29, 1.82) is 0 Å². The van der Waals surface area contributed by atoms with Crippen LogP contribution in [0.25, 0.3) is 22.3 Å². The summed E-state index contributed by atoms with van der Waals surface area (Å²) >= 11 is 0. The van der Waals surface area contributed by atoms with E-state index in [1.54, 1.807) is 17.0 Å². The fourth-order valence-electron chi connectivity index (χ4n) is 10.2. The zero-order valence-corrected chi connectivity index (χ0v) is 36.7. The second kappa shape index (κ2) is 15.1. The van der Waals surface area contributed by atoms with Gasteiger partial charge in [0.1, 0.15) is 0 Å². The van der Waals surface area contributed by atoms with Gasteiger partial charge in [-0.05, 0) is 164 Å². The summed E-state index contributed by atoms with van der Waals surface area (Å²) in [7, 11) is 0. The standard InChI is InChI=1S/C53H50N2O11/c1-30-6-14-34(15-7-30)54(35-16-8-31(2)9-17-35)38-22-24-40-42-29-47-43(28-46(42)49(44(40)26-38,48(5,56)57)51(58,59)60)41-25-23-39(27-45(41)50(47,52(61,62)63)53(64,65)66)55(36-18-10-32(3)11-19-36)37-20-12-33(4)13-21-37/h6-29,56-66H,1-5H3. The third-order valence-electron chi connectivity index (χ3n) is 13.3. The van der Waals surface area contributed by atoms with Gasteiger partial charge in [-0.2, -0.15) is 0 Å². The highest BCUT2D eigenvalue weighted by molar-refractivity contribution is 5.94. The van der Waals surface area contributed by atoms with E-state index in [0.29, 0.717) is 34.1 Å². The van der Waals surface area contributed by atoms with Crippen molar-refractivity contribution in [1.82, 2.24) is 0 Å². The first kappa shape index (κ1) is 44.9. The summed E-state index contributed by atoms with van der Waals surface area (Å²) in [5.74, 6) is -15.4. The molecule has 1 atom stereocenters. The van der Waals surface area contributed by atoms with Crippen LogP contribution in [0.2, 0.25) is 0 Å². The van der Waals surface area contributed by atoms with Crippen LogP contribution in [0.15, 0.2) is 146 Å². The molecule has 0 amide bonds. The van der Waals surface area contributed by atoms with Crippen molar-refractivity contribution >= 4 is 34.1 Å². The topological polar surface area (TPSA) is 229 Å². The van der Waals surface area contributed by atoms with E-state index in [-0.39, 0.29) is 33.4 Å². The van der Waals surface area contributed by atoms with Gasteiger partial charge in [0.15, 0.2) is 16.6 Å². The lowest BCUT2D eigenvalue weighted by Gasteiger charge is -2.46. The SMILES string of the molecule is Cc1ccc(N(c2ccc(C)cc2)c2ccc3c(c2)C(C(C)(O)O)(C(O)(O)O)c2cc4c(cc2-3)C(C(O)(O)O)(C(O)(O)O)c2cc(N(c3ccc(C)cc3)c3ccc(C)cc3)ccc2-4)cc1. The monoisotopic (exact) mass is 890 g/mol. The van der Waals surface area contributed by atoms with Gasteiger partial charge in [-0.3, -0.25) is 0 Å². The van der Waals surface area contributed by atoms with Crippen LogP contribution in [0, 0.1) is 27.7 Å². The van der Waals surface area contributed by atoms with Gasteiger partial charge in [0.05, 0.1) is 0 Å². The average Bonchev–Trinajstić information content (AvgIpc) is 3.70. The van der Waals surface area contributed by atoms with Gasteiger partial charge in [-0.25, -0.2) is 0 Å². The highest BCUT2D eigenvalue weighted by Crippen LogP contribution is 2.64. The molecule has 7 aromatic rings. The second-order valence-electron chi connectivity index (χ2n) is 17.8. The maximum absolute atomic E-state index is 11.9. The Bertz CT molecular complexity index is 2670. The van der Waals surface area contributed by atoms with Crippen molar-refractivity contribution in [2.75, 3.05) is 9.80 Å². The van der Waals surface area contributed by atoms with E-state index in [1.165, 1.54) is 30.3 Å². The van der Waals surface area contributed by atoms with Gasteiger partial charge in [0, 0.05) is 34.1 Å². The molecule has 0 radical (unpaired) electrons. The number of anilines is 6. The van der Waals surface area contributed by atoms with Crippen molar-refractivity contribution in [2.45, 2.75) is 69.2 Å². The Balaban J connectivity index is 1.33. The highest BCUT2D eigenvalue weighted by Gasteiger charge is 2.71. The van der Waals surface area contributed by atoms with Crippen LogP contribution in [0.4, 0.5) is 34.1 Å². The Kier molecular flexibility index (Phi) is 10.3. The number of aryl methyl sites for hydroxylation is 4. The Morgan fingerprint density at radius 3 is 0.818 bits per heavy atom. The first-order valence-corrected chi connectivity index (χ1v) is 21.2. The summed E-state index contributed by atoms with van der Waals surface area (Å²) in [6.07, 6.45) is 0. The van der Waals surface area contributed by atoms with Gasteiger partial charge in [-0.1, -0.05) is 82.9 Å². The summed E-state index contributed by atoms with van der Waals surface area (Å²) in [5, 5.41) is 128. The molecule has 0 saturated carbocycles. The number of hydrogen-bond donors (Lipinski definition) is 11. The van der Waals surface area contributed by atoms with Gasteiger partial charge in [0.2, 0.25) is 0 Å². The largest absolute Gasteiger partial charge is 0.365 e. The fourth-order valence-corrected chi connectivity index (χ4v) is 10.2. The second-order valence-corrected chi connectivity index (χ2v) is 17.8. The number of rotatable bonds is 10. The van der Waals surface area contributed by atoms with Gasteiger partial charge >= 0.3 is 0 Å². The van der Waals surface area contributed by atoms with Gasteiger partial charge in [-0.15, -0.1) is 0 Å². The lowest BCUT2D eigenvalue weighted by atomic mass is 9.68. The molecule has 0 bridgehead atoms. The van der Waals surface area contributed by atoms with Crippen molar-refractivity contribution in [3.63, 3.8) is 0 Å². The maximum atomic E-state index is 11.9. The number of nitrogens with zero attached hydrogens (tertiary/aromatic N) is 2. The maximum Gasteiger partial charge on any atom is 0.298 e. The highest BCUT2D eigenvalue weighted by atomic mass is 16.7. The predicted molar refractivity (Wildman–Crippen MR) is 248 cm³/mol. The molecule has 66 heavy (non-hydrogen) atoms. The smallest absolute Gasteiger partial charge is 0.298 e. The zero-order valence-electron chi connectivity index (χ0n) is 36.7.